The van der Waals surface area contributed by atoms with E-state index in [1.807, 2.05) is 38.2 Å². The van der Waals surface area contributed by atoms with Gasteiger partial charge in [-0.15, -0.1) is 24.0 Å². The number of benzene rings is 1. The maximum atomic E-state index is 11.6. The van der Waals surface area contributed by atoms with Gasteiger partial charge in [-0.1, -0.05) is 25.0 Å². The summed E-state index contributed by atoms with van der Waals surface area (Å²) in [5.74, 6) is 1.42. The third-order valence-electron chi connectivity index (χ3n) is 5.73. The maximum Gasteiger partial charge on any atom is 0.257 e. The van der Waals surface area contributed by atoms with Crippen molar-refractivity contribution in [3.05, 3.63) is 29.8 Å². The molecule has 1 aliphatic carbocycles. The minimum Gasteiger partial charge on any atom is -0.484 e. The Hall–Kier alpha value is -1.55. The highest BCUT2D eigenvalue weighted by Gasteiger charge is 2.30. The van der Waals surface area contributed by atoms with Crippen LogP contribution in [0.1, 0.15) is 44.6 Å². The Labute approximate surface area is 197 Å². The number of halogens is 1. The first-order chi connectivity index (χ1) is 14.2. The van der Waals surface area contributed by atoms with Crippen molar-refractivity contribution in [2.45, 2.75) is 57.7 Å². The molecule has 30 heavy (non-hydrogen) atoms. The summed E-state index contributed by atoms with van der Waals surface area (Å²) in [5.41, 5.74) is 1.08. The van der Waals surface area contributed by atoms with Crippen molar-refractivity contribution in [2.24, 2.45) is 4.99 Å². The molecule has 1 amide bonds. The molecule has 2 aliphatic rings. The van der Waals surface area contributed by atoms with Crippen LogP contribution < -0.4 is 20.7 Å². The molecular formula is C22H36IN5O2. The molecule has 3 N–H and O–H groups in total. The Morgan fingerprint density at radius 3 is 2.77 bits per heavy atom. The van der Waals surface area contributed by atoms with Gasteiger partial charge in [0.2, 0.25) is 0 Å². The maximum absolute atomic E-state index is 11.6. The quantitative estimate of drug-likeness (QED) is 0.274. The van der Waals surface area contributed by atoms with Crippen molar-refractivity contribution in [3.63, 3.8) is 0 Å². The normalized spacial score (nSPS) is 19.9. The fourth-order valence-corrected chi connectivity index (χ4v) is 4.22. The van der Waals surface area contributed by atoms with Crippen LogP contribution in [-0.2, 0) is 11.3 Å². The summed E-state index contributed by atoms with van der Waals surface area (Å²) in [7, 11) is 1.81. The molecule has 1 aromatic carbocycles. The number of likely N-dealkylation sites (N-methyl/N-ethyl adjacent to an activating group) is 1. The van der Waals surface area contributed by atoms with Crippen LogP contribution in [0.4, 0.5) is 0 Å². The van der Waals surface area contributed by atoms with E-state index < -0.39 is 0 Å². The Balaban J connectivity index is 0.00000320. The molecule has 1 atom stereocenters. The third kappa shape index (κ3) is 7.61. The molecule has 0 spiro atoms. The van der Waals surface area contributed by atoms with Crippen molar-refractivity contribution in [1.29, 1.82) is 0 Å². The number of carbonyl (C=O) groups excluding carboxylic acids is 1. The van der Waals surface area contributed by atoms with E-state index in [-0.39, 0.29) is 36.5 Å². The lowest BCUT2D eigenvalue weighted by molar-refractivity contribution is -0.122. The van der Waals surface area contributed by atoms with Crippen LogP contribution >= 0.6 is 24.0 Å². The SMILES string of the molecule is CCNC(=O)COc1cccc(CNC(=NC)NC2CCN(C3CCCC3)C2)c1.I. The van der Waals surface area contributed by atoms with Gasteiger partial charge in [0.15, 0.2) is 12.6 Å². The van der Waals surface area contributed by atoms with Crippen LogP contribution in [0.25, 0.3) is 0 Å². The number of aliphatic imine (C=N–C) groups is 1. The minimum atomic E-state index is -0.108. The summed E-state index contributed by atoms with van der Waals surface area (Å²) in [5, 5.41) is 9.70. The molecule has 2 fully saturated rings. The van der Waals surface area contributed by atoms with Crippen molar-refractivity contribution < 1.29 is 9.53 Å². The third-order valence-corrected chi connectivity index (χ3v) is 5.73. The molecule has 0 aromatic heterocycles. The summed E-state index contributed by atoms with van der Waals surface area (Å²) in [6.07, 6.45) is 6.65. The molecule has 7 nitrogen and oxygen atoms in total. The number of likely N-dealkylation sites (tertiary alicyclic amines) is 1. The van der Waals surface area contributed by atoms with Gasteiger partial charge in [-0.2, -0.15) is 0 Å². The average Bonchev–Trinajstić information content (AvgIpc) is 3.42. The first-order valence-electron chi connectivity index (χ1n) is 10.9. The van der Waals surface area contributed by atoms with E-state index in [0.29, 0.717) is 24.9 Å². The van der Waals surface area contributed by atoms with E-state index in [1.165, 1.54) is 38.6 Å². The van der Waals surface area contributed by atoms with Crippen LogP contribution in [0, 0.1) is 0 Å². The second-order valence-electron chi connectivity index (χ2n) is 7.88. The van der Waals surface area contributed by atoms with Crippen LogP contribution in [0.2, 0.25) is 0 Å². The van der Waals surface area contributed by atoms with Crippen molar-refractivity contribution in [3.8, 4) is 5.75 Å². The van der Waals surface area contributed by atoms with Gasteiger partial charge in [-0.3, -0.25) is 14.7 Å². The number of ether oxygens (including phenoxy) is 1. The molecule has 1 saturated carbocycles. The number of amides is 1. The largest absolute Gasteiger partial charge is 0.484 e. The standard InChI is InChI=1S/C22H35N5O2.HI/c1-3-24-21(28)16-29-20-10-6-7-17(13-20)14-25-22(23-2)26-18-11-12-27(15-18)19-8-4-5-9-19;/h6-7,10,13,18-19H,3-5,8-9,11-12,14-16H2,1-2H3,(H,24,28)(H2,23,25,26);1H. The van der Waals surface area contributed by atoms with Gasteiger partial charge >= 0.3 is 0 Å². The second kappa shape index (κ2) is 13.0. The molecule has 8 heteroatoms. The highest BCUT2D eigenvalue weighted by molar-refractivity contribution is 14.0. The highest BCUT2D eigenvalue weighted by atomic mass is 127. The summed E-state index contributed by atoms with van der Waals surface area (Å²) >= 11 is 0. The lowest BCUT2D eigenvalue weighted by atomic mass is 10.2. The predicted molar refractivity (Wildman–Crippen MR) is 132 cm³/mol. The van der Waals surface area contributed by atoms with Crippen molar-refractivity contribution in [1.82, 2.24) is 20.9 Å². The van der Waals surface area contributed by atoms with E-state index in [9.17, 15) is 4.79 Å². The van der Waals surface area contributed by atoms with Gasteiger partial charge in [-0.25, -0.2) is 0 Å². The number of hydrogen-bond donors (Lipinski definition) is 3. The fraction of sp³-hybridized carbons (Fsp3) is 0.636. The second-order valence-corrected chi connectivity index (χ2v) is 7.88. The molecular weight excluding hydrogens is 493 g/mol. The first-order valence-corrected chi connectivity index (χ1v) is 10.9. The number of carbonyl (C=O) groups is 1. The zero-order chi connectivity index (χ0) is 20.5. The van der Waals surface area contributed by atoms with E-state index in [4.69, 9.17) is 4.74 Å². The van der Waals surface area contributed by atoms with Crippen molar-refractivity contribution >= 4 is 35.8 Å². The summed E-state index contributed by atoms with van der Waals surface area (Å²) < 4.78 is 5.57. The zero-order valence-corrected chi connectivity index (χ0v) is 20.5. The zero-order valence-electron chi connectivity index (χ0n) is 18.2. The summed E-state index contributed by atoms with van der Waals surface area (Å²) in [4.78, 5) is 18.6. The number of hydrogen-bond acceptors (Lipinski definition) is 4. The van der Waals surface area contributed by atoms with Gasteiger partial charge in [0.05, 0.1) is 0 Å². The number of rotatable bonds is 8. The molecule has 1 aliphatic heterocycles. The number of nitrogens with zero attached hydrogens (tertiary/aromatic N) is 2. The van der Waals surface area contributed by atoms with Gasteiger partial charge < -0.3 is 20.7 Å². The van der Waals surface area contributed by atoms with Crippen LogP contribution in [-0.4, -0.2) is 62.1 Å². The molecule has 1 heterocycles. The van der Waals surface area contributed by atoms with E-state index in [1.54, 1.807) is 0 Å². The van der Waals surface area contributed by atoms with Crippen LogP contribution in [0.15, 0.2) is 29.3 Å². The monoisotopic (exact) mass is 529 g/mol. The molecule has 1 saturated heterocycles. The van der Waals surface area contributed by atoms with E-state index in [2.05, 4.69) is 25.8 Å². The van der Waals surface area contributed by atoms with Gasteiger partial charge in [0.1, 0.15) is 5.75 Å². The Kier molecular flexibility index (Phi) is 10.7. The summed E-state index contributed by atoms with van der Waals surface area (Å²) in [6.45, 7) is 5.48. The average molecular weight is 529 g/mol. The molecule has 3 rings (SSSR count). The van der Waals surface area contributed by atoms with Crippen LogP contribution in [0.3, 0.4) is 0 Å². The Morgan fingerprint density at radius 1 is 1.23 bits per heavy atom. The molecule has 0 bridgehead atoms. The number of guanidine groups is 1. The Morgan fingerprint density at radius 2 is 2.03 bits per heavy atom. The van der Waals surface area contributed by atoms with Crippen molar-refractivity contribution in [2.75, 3.05) is 33.3 Å². The summed E-state index contributed by atoms with van der Waals surface area (Å²) in [6, 6.07) is 9.04. The smallest absolute Gasteiger partial charge is 0.257 e. The molecule has 1 unspecified atom stereocenters. The molecule has 0 radical (unpaired) electrons. The number of nitrogens with one attached hydrogen (secondary N) is 3. The lowest BCUT2D eigenvalue weighted by Gasteiger charge is -2.24. The van der Waals surface area contributed by atoms with Gasteiger partial charge in [0, 0.05) is 45.3 Å². The highest BCUT2D eigenvalue weighted by Crippen LogP contribution is 2.26. The minimum absolute atomic E-state index is 0. The van der Waals surface area contributed by atoms with E-state index >= 15 is 0 Å². The fourth-order valence-electron chi connectivity index (χ4n) is 4.22. The first kappa shape index (κ1) is 24.7. The topological polar surface area (TPSA) is 78.0 Å². The Bertz CT molecular complexity index is 694. The lowest BCUT2D eigenvalue weighted by Crippen LogP contribution is -2.45. The van der Waals surface area contributed by atoms with Crippen LogP contribution in [0.5, 0.6) is 5.75 Å². The molecule has 168 valence electrons. The van der Waals surface area contributed by atoms with Gasteiger partial charge in [-0.05, 0) is 43.9 Å². The van der Waals surface area contributed by atoms with E-state index in [0.717, 1.165) is 24.1 Å². The predicted octanol–water partition coefficient (Wildman–Crippen LogP) is 2.50. The van der Waals surface area contributed by atoms with Gasteiger partial charge in [0.25, 0.3) is 5.91 Å². The molecule has 1 aromatic rings.